The summed E-state index contributed by atoms with van der Waals surface area (Å²) in [6.45, 7) is 9.69. The number of nitrogens with zero attached hydrogens (tertiary/aromatic N) is 2. The predicted molar refractivity (Wildman–Crippen MR) is 194 cm³/mol. The fraction of sp³-hybridized carbons (Fsp3) is 0.325. The van der Waals surface area contributed by atoms with E-state index in [1.54, 1.807) is 0 Å². The molecule has 1 aliphatic carbocycles. The van der Waals surface area contributed by atoms with Crippen molar-refractivity contribution in [1.29, 1.82) is 0 Å². The third kappa shape index (κ3) is 6.64. The molecule has 0 saturated carbocycles. The first-order chi connectivity index (χ1) is 22.6. The van der Waals surface area contributed by atoms with Crippen molar-refractivity contribution in [3.63, 3.8) is 0 Å². The molecule has 1 fully saturated rings. The molecule has 4 aromatic carbocycles. The average Bonchev–Trinajstić information content (AvgIpc) is 3.53. The number of rotatable bonds is 9. The molecular weight excluding hydrogens is 620 g/mol. The lowest BCUT2D eigenvalue weighted by molar-refractivity contribution is -0.558. The first-order valence-electron chi connectivity index (χ1n) is 16.7. The molecule has 0 amide bonds. The average molecular weight is 664 g/mol. The lowest BCUT2D eigenvalue weighted by Gasteiger charge is -2.42. The van der Waals surface area contributed by atoms with Crippen LogP contribution in [-0.2, 0) is 10.0 Å². The van der Waals surface area contributed by atoms with Crippen LogP contribution in [0.15, 0.2) is 127 Å². The van der Waals surface area contributed by atoms with E-state index in [4.69, 9.17) is 16.0 Å². The summed E-state index contributed by atoms with van der Waals surface area (Å²) in [5, 5.41) is 13.8. The minimum Gasteiger partial charge on any atom is -0.399 e. The standard InChI is InChI=1S/C40H44ClN2O3Si/c1-29-27-31(38(30-17-8-5-9-18-30)39(43(44)45)37(29)34-23-14-15-24-35(34)41)28-42-26-16-25-36(42)40(46-47(2,3)4,32-19-10-6-11-20-32)33-21-12-7-13-22-33/h5-15,17-24,27-29,36-39H,16,25-26H2,1-4H3/q+1. The van der Waals surface area contributed by atoms with Crippen molar-refractivity contribution in [2.45, 2.75) is 68.9 Å². The van der Waals surface area contributed by atoms with Gasteiger partial charge in [-0.3, -0.25) is 10.1 Å². The molecule has 5 unspecified atom stereocenters. The van der Waals surface area contributed by atoms with E-state index < -0.39 is 25.9 Å². The fourth-order valence-corrected chi connectivity index (χ4v) is 9.63. The van der Waals surface area contributed by atoms with Gasteiger partial charge < -0.3 is 4.43 Å². The first-order valence-corrected chi connectivity index (χ1v) is 20.4. The Morgan fingerprint density at radius 3 is 1.98 bits per heavy atom. The van der Waals surface area contributed by atoms with Gasteiger partial charge in [-0.1, -0.05) is 134 Å². The zero-order valence-electron chi connectivity index (χ0n) is 27.6. The summed E-state index contributed by atoms with van der Waals surface area (Å²) in [5.41, 5.74) is 4.29. The Morgan fingerprint density at radius 2 is 1.43 bits per heavy atom. The van der Waals surface area contributed by atoms with Gasteiger partial charge in [-0.15, -0.1) is 0 Å². The van der Waals surface area contributed by atoms with Crippen LogP contribution in [0.3, 0.4) is 0 Å². The van der Waals surface area contributed by atoms with Crippen LogP contribution in [0.4, 0.5) is 0 Å². The topological polar surface area (TPSA) is 55.4 Å². The highest BCUT2D eigenvalue weighted by atomic mass is 35.5. The normalized spacial score (nSPS) is 24.2. The summed E-state index contributed by atoms with van der Waals surface area (Å²) in [4.78, 5) is 13.1. The first kappa shape index (κ1) is 33.1. The molecule has 6 rings (SSSR count). The fourth-order valence-electron chi connectivity index (χ4n) is 8.03. The molecule has 242 valence electrons. The smallest absolute Gasteiger partial charge is 0.231 e. The molecule has 0 bridgehead atoms. The third-order valence-electron chi connectivity index (χ3n) is 9.71. The van der Waals surface area contributed by atoms with Gasteiger partial charge in [0.25, 0.3) is 0 Å². The molecular formula is C40H44ClN2O3Si+. The van der Waals surface area contributed by atoms with Crippen molar-refractivity contribution in [1.82, 2.24) is 0 Å². The molecule has 0 aromatic heterocycles. The van der Waals surface area contributed by atoms with Gasteiger partial charge in [-0.25, -0.2) is 4.58 Å². The van der Waals surface area contributed by atoms with E-state index in [-0.39, 0.29) is 22.8 Å². The van der Waals surface area contributed by atoms with Gasteiger partial charge in [0.2, 0.25) is 6.04 Å². The molecule has 5 atom stereocenters. The molecule has 1 aliphatic heterocycles. The van der Waals surface area contributed by atoms with Crippen molar-refractivity contribution >= 4 is 26.1 Å². The van der Waals surface area contributed by atoms with Gasteiger partial charge in [0.1, 0.15) is 6.54 Å². The Bertz CT molecular complexity index is 1720. The number of hydrogen-bond acceptors (Lipinski definition) is 3. The van der Waals surface area contributed by atoms with Crippen LogP contribution in [0.25, 0.3) is 0 Å². The summed E-state index contributed by atoms with van der Waals surface area (Å²) in [5.74, 6) is -0.937. The van der Waals surface area contributed by atoms with Crippen molar-refractivity contribution in [3.8, 4) is 0 Å². The van der Waals surface area contributed by atoms with Crippen LogP contribution >= 0.6 is 11.6 Å². The second kappa shape index (κ2) is 13.7. The molecule has 4 aromatic rings. The molecule has 0 spiro atoms. The van der Waals surface area contributed by atoms with E-state index >= 15 is 0 Å². The zero-order valence-corrected chi connectivity index (χ0v) is 29.4. The molecule has 0 N–H and O–H groups in total. The van der Waals surface area contributed by atoms with Gasteiger partial charge in [0, 0.05) is 28.4 Å². The minimum absolute atomic E-state index is 0.0120. The molecule has 1 saturated heterocycles. The van der Waals surface area contributed by atoms with Crippen molar-refractivity contribution in [2.75, 3.05) is 6.54 Å². The second-order valence-electron chi connectivity index (χ2n) is 13.9. The highest BCUT2D eigenvalue weighted by molar-refractivity contribution is 6.69. The van der Waals surface area contributed by atoms with Crippen molar-refractivity contribution in [3.05, 3.63) is 164 Å². The van der Waals surface area contributed by atoms with Crippen LogP contribution < -0.4 is 0 Å². The highest BCUT2D eigenvalue weighted by Gasteiger charge is 2.55. The highest BCUT2D eigenvalue weighted by Crippen LogP contribution is 2.48. The maximum Gasteiger partial charge on any atom is 0.231 e. The predicted octanol–water partition coefficient (Wildman–Crippen LogP) is 9.47. The lowest BCUT2D eigenvalue weighted by Crippen LogP contribution is -2.52. The van der Waals surface area contributed by atoms with Crippen molar-refractivity contribution in [2.24, 2.45) is 5.92 Å². The van der Waals surface area contributed by atoms with Gasteiger partial charge in [-0.05, 0) is 53.9 Å². The van der Waals surface area contributed by atoms with Crippen LogP contribution in [0.2, 0.25) is 24.7 Å². The van der Waals surface area contributed by atoms with E-state index in [2.05, 4.69) is 104 Å². The summed E-state index contributed by atoms with van der Waals surface area (Å²) in [6.07, 6.45) is 6.42. The Hall–Kier alpha value is -3.84. The second-order valence-corrected chi connectivity index (χ2v) is 18.8. The van der Waals surface area contributed by atoms with E-state index in [9.17, 15) is 10.1 Å². The van der Waals surface area contributed by atoms with Gasteiger partial charge in [0.05, 0.1) is 11.8 Å². The Labute approximate surface area is 284 Å². The Balaban J connectivity index is 1.56. The summed E-state index contributed by atoms with van der Waals surface area (Å²) in [7, 11) is -2.12. The van der Waals surface area contributed by atoms with E-state index in [1.165, 1.54) is 0 Å². The van der Waals surface area contributed by atoms with Crippen LogP contribution in [0.5, 0.6) is 0 Å². The summed E-state index contributed by atoms with van der Waals surface area (Å²) >= 11 is 6.73. The Morgan fingerprint density at radius 1 is 0.872 bits per heavy atom. The van der Waals surface area contributed by atoms with Gasteiger partial charge >= 0.3 is 0 Å². The SMILES string of the molecule is CC1C=C(C=[N+]2CCCC2C(O[Si](C)(C)C)(c2ccccc2)c2ccccc2)C(c2ccccc2)C([N+](=O)[O-])C1c1ccccc1Cl. The third-order valence-corrected chi connectivity index (χ3v) is 11.0. The number of hydrogen-bond donors (Lipinski definition) is 0. The summed E-state index contributed by atoms with van der Waals surface area (Å²) in [6, 6.07) is 37.9. The van der Waals surface area contributed by atoms with Crippen LogP contribution in [0, 0.1) is 16.0 Å². The molecule has 0 radical (unpaired) electrons. The number of nitro groups is 1. The summed E-state index contributed by atoms with van der Waals surface area (Å²) < 4.78 is 9.85. The van der Waals surface area contributed by atoms with Crippen LogP contribution in [-0.4, -0.2) is 42.7 Å². The molecule has 1 heterocycles. The van der Waals surface area contributed by atoms with Gasteiger partial charge in [0.15, 0.2) is 26.2 Å². The molecule has 2 aliphatic rings. The molecule has 7 heteroatoms. The van der Waals surface area contributed by atoms with E-state index in [0.717, 1.165) is 47.2 Å². The minimum atomic E-state index is -2.12. The lowest BCUT2D eigenvalue weighted by atomic mass is 9.67. The molecule has 5 nitrogen and oxygen atoms in total. The van der Waals surface area contributed by atoms with Crippen molar-refractivity contribution < 1.29 is 13.9 Å². The number of halogens is 1. The van der Waals surface area contributed by atoms with Crippen LogP contribution in [0.1, 0.15) is 53.9 Å². The zero-order chi connectivity index (χ0) is 33.2. The van der Waals surface area contributed by atoms with E-state index in [0.29, 0.717) is 5.02 Å². The maximum atomic E-state index is 13.2. The number of benzene rings is 4. The quantitative estimate of drug-likeness (QED) is 0.0776. The maximum absolute atomic E-state index is 13.2. The Kier molecular flexibility index (Phi) is 9.65. The molecule has 47 heavy (non-hydrogen) atoms. The van der Waals surface area contributed by atoms with E-state index in [1.807, 2.05) is 54.6 Å². The van der Waals surface area contributed by atoms with Gasteiger partial charge in [-0.2, -0.15) is 0 Å². The number of allylic oxidation sites excluding steroid dienone is 1. The monoisotopic (exact) mass is 663 g/mol. The largest absolute Gasteiger partial charge is 0.399 e.